The summed E-state index contributed by atoms with van der Waals surface area (Å²) in [5, 5.41) is 0. The Labute approximate surface area is 70.4 Å². The van der Waals surface area contributed by atoms with E-state index in [4.69, 9.17) is 5.73 Å². The molecule has 0 aromatic rings. The van der Waals surface area contributed by atoms with Crippen LogP contribution in [0.25, 0.3) is 0 Å². The third kappa shape index (κ3) is 2.82. The smallest absolute Gasteiger partial charge is 0.00670 e. The van der Waals surface area contributed by atoms with Crippen molar-refractivity contribution in [3.8, 4) is 0 Å². The van der Waals surface area contributed by atoms with Crippen LogP contribution in [0.3, 0.4) is 0 Å². The standard InChI is InChI=1S/C10H21N/c1-2-6-10(11)9-7-4-3-5-8-9/h9-10H,2-8,11H2,1H3/t10-/m0/s1. The van der Waals surface area contributed by atoms with Gasteiger partial charge in [0, 0.05) is 6.04 Å². The van der Waals surface area contributed by atoms with E-state index in [1.165, 1.54) is 44.9 Å². The molecule has 2 N–H and O–H groups in total. The van der Waals surface area contributed by atoms with Crippen LogP contribution in [-0.4, -0.2) is 6.04 Å². The topological polar surface area (TPSA) is 26.0 Å². The van der Waals surface area contributed by atoms with Gasteiger partial charge in [0.2, 0.25) is 0 Å². The van der Waals surface area contributed by atoms with Crippen LogP contribution >= 0.6 is 0 Å². The maximum atomic E-state index is 6.06. The van der Waals surface area contributed by atoms with Gasteiger partial charge in [0.1, 0.15) is 0 Å². The predicted octanol–water partition coefficient (Wildman–Crippen LogP) is 2.69. The molecule has 1 atom stereocenters. The highest BCUT2D eigenvalue weighted by Gasteiger charge is 2.19. The summed E-state index contributed by atoms with van der Waals surface area (Å²) in [6.45, 7) is 2.22. The number of nitrogens with two attached hydrogens (primary N) is 1. The van der Waals surface area contributed by atoms with Crippen molar-refractivity contribution >= 4 is 0 Å². The van der Waals surface area contributed by atoms with Crippen LogP contribution < -0.4 is 5.73 Å². The van der Waals surface area contributed by atoms with E-state index in [1.807, 2.05) is 0 Å². The first-order valence-corrected chi connectivity index (χ1v) is 5.10. The molecule has 1 aliphatic rings. The minimum absolute atomic E-state index is 0.500. The van der Waals surface area contributed by atoms with Gasteiger partial charge in [-0.25, -0.2) is 0 Å². The van der Waals surface area contributed by atoms with Crippen molar-refractivity contribution in [1.29, 1.82) is 0 Å². The summed E-state index contributed by atoms with van der Waals surface area (Å²) in [7, 11) is 0. The van der Waals surface area contributed by atoms with Crippen LogP contribution in [0.5, 0.6) is 0 Å². The Morgan fingerprint density at radius 1 is 1.27 bits per heavy atom. The molecule has 0 unspecified atom stereocenters. The summed E-state index contributed by atoms with van der Waals surface area (Å²) in [4.78, 5) is 0. The van der Waals surface area contributed by atoms with E-state index in [9.17, 15) is 0 Å². The lowest BCUT2D eigenvalue weighted by molar-refractivity contribution is 0.294. The molecule has 0 saturated heterocycles. The molecule has 0 radical (unpaired) electrons. The number of rotatable bonds is 3. The molecule has 1 aliphatic carbocycles. The number of hydrogen-bond acceptors (Lipinski definition) is 1. The van der Waals surface area contributed by atoms with Crippen molar-refractivity contribution in [1.82, 2.24) is 0 Å². The second kappa shape index (κ2) is 4.76. The van der Waals surface area contributed by atoms with E-state index in [0.29, 0.717) is 6.04 Å². The average Bonchev–Trinajstić information content (AvgIpc) is 2.07. The lowest BCUT2D eigenvalue weighted by Gasteiger charge is -2.27. The molecule has 0 spiro atoms. The van der Waals surface area contributed by atoms with E-state index >= 15 is 0 Å². The normalized spacial score (nSPS) is 23.5. The van der Waals surface area contributed by atoms with Crippen molar-refractivity contribution in [2.24, 2.45) is 11.7 Å². The fourth-order valence-corrected chi connectivity index (χ4v) is 2.13. The van der Waals surface area contributed by atoms with E-state index < -0.39 is 0 Å². The molecule has 1 nitrogen and oxygen atoms in total. The van der Waals surface area contributed by atoms with Gasteiger partial charge < -0.3 is 5.73 Å². The zero-order valence-corrected chi connectivity index (χ0v) is 7.68. The highest BCUT2D eigenvalue weighted by atomic mass is 14.6. The molecule has 66 valence electrons. The summed E-state index contributed by atoms with van der Waals surface area (Å²) in [6, 6.07) is 0.500. The highest BCUT2D eigenvalue weighted by Crippen LogP contribution is 2.26. The van der Waals surface area contributed by atoms with Crippen LogP contribution in [0.4, 0.5) is 0 Å². The second-order valence-corrected chi connectivity index (χ2v) is 3.85. The first-order chi connectivity index (χ1) is 5.34. The maximum absolute atomic E-state index is 6.06. The van der Waals surface area contributed by atoms with Crippen LogP contribution in [-0.2, 0) is 0 Å². The van der Waals surface area contributed by atoms with E-state index in [0.717, 1.165) is 5.92 Å². The van der Waals surface area contributed by atoms with Crippen molar-refractivity contribution in [2.75, 3.05) is 0 Å². The Morgan fingerprint density at radius 3 is 2.45 bits per heavy atom. The van der Waals surface area contributed by atoms with Crippen molar-refractivity contribution in [2.45, 2.75) is 57.9 Å². The zero-order chi connectivity index (χ0) is 8.10. The summed E-state index contributed by atoms with van der Waals surface area (Å²) in [6.07, 6.45) is 9.53. The fourth-order valence-electron chi connectivity index (χ4n) is 2.13. The van der Waals surface area contributed by atoms with Crippen LogP contribution in [0, 0.1) is 5.92 Å². The average molecular weight is 155 g/mol. The van der Waals surface area contributed by atoms with Crippen LogP contribution in [0.2, 0.25) is 0 Å². The summed E-state index contributed by atoms with van der Waals surface area (Å²) in [5.74, 6) is 0.851. The van der Waals surface area contributed by atoms with Crippen molar-refractivity contribution < 1.29 is 0 Å². The van der Waals surface area contributed by atoms with Gasteiger partial charge in [0.15, 0.2) is 0 Å². The molecule has 0 aliphatic heterocycles. The minimum Gasteiger partial charge on any atom is -0.327 e. The van der Waals surface area contributed by atoms with Gasteiger partial charge in [0.25, 0.3) is 0 Å². The second-order valence-electron chi connectivity index (χ2n) is 3.85. The Kier molecular flexibility index (Phi) is 3.92. The first kappa shape index (κ1) is 9.05. The predicted molar refractivity (Wildman–Crippen MR) is 49.5 cm³/mol. The number of hydrogen-bond donors (Lipinski definition) is 1. The molecule has 0 bridgehead atoms. The van der Waals surface area contributed by atoms with Crippen LogP contribution in [0.1, 0.15) is 51.9 Å². The molecule has 0 aromatic carbocycles. The first-order valence-electron chi connectivity index (χ1n) is 5.10. The van der Waals surface area contributed by atoms with E-state index in [2.05, 4.69) is 6.92 Å². The Morgan fingerprint density at radius 2 is 1.91 bits per heavy atom. The Hall–Kier alpha value is -0.0400. The third-order valence-corrected chi connectivity index (χ3v) is 2.88. The molecular formula is C10H21N. The molecule has 0 heterocycles. The molecule has 1 heteroatoms. The van der Waals surface area contributed by atoms with Crippen LogP contribution in [0.15, 0.2) is 0 Å². The van der Waals surface area contributed by atoms with Gasteiger partial charge in [-0.15, -0.1) is 0 Å². The van der Waals surface area contributed by atoms with Gasteiger partial charge in [0.05, 0.1) is 0 Å². The van der Waals surface area contributed by atoms with Gasteiger partial charge in [-0.3, -0.25) is 0 Å². The molecule has 1 rings (SSSR count). The van der Waals surface area contributed by atoms with Crippen molar-refractivity contribution in [3.63, 3.8) is 0 Å². The molecule has 1 fully saturated rings. The summed E-state index contributed by atoms with van der Waals surface area (Å²) in [5.41, 5.74) is 6.06. The molecule has 0 aromatic heterocycles. The van der Waals surface area contributed by atoms with E-state index in [1.54, 1.807) is 0 Å². The quantitative estimate of drug-likeness (QED) is 0.666. The zero-order valence-electron chi connectivity index (χ0n) is 7.68. The van der Waals surface area contributed by atoms with Crippen molar-refractivity contribution in [3.05, 3.63) is 0 Å². The van der Waals surface area contributed by atoms with Gasteiger partial charge in [-0.05, 0) is 25.2 Å². The lowest BCUT2D eigenvalue weighted by Crippen LogP contribution is -2.31. The monoisotopic (exact) mass is 155 g/mol. The molecule has 0 amide bonds. The Balaban J connectivity index is 2.21. The Bertz CT molecular complexity index is 95.0. The fraction of sp³-hybridized carbons (Fsp3) is 1.00. The van der Waals surface area contributed by atoms with Gasteiger partial charge in [-0.2, -0.15) is 0 Å². The largest absolute Gasteiger partial charge is 0.327 e. The SMILES string of the molecule is CCC[C@H](N)C1CCCCC1. The summed E-state index contributed by atoms with van der Waals surface area (Å²) >= 11 is 0. The minimum atomic E-state index is 0.500. The molecule has 1 saturated carbocycles. The molecular weight excluding hydrogens is 134 g/mol. The van der Waals surface area contributed by atoms with Gasteiger partial charge in [-0.1, -0.05) is 32.6 Å². The van der Waals surface area contributed by atoms with Gasteiger partial charge >= 0.3 is 0 Å². The highest BCUT2D eigenvalue weighted by molar-refractivity contribution is 4.75. The van der Waals surface area contributed by atoms with E-state index in [-0.39, 0.29) is 0 Å². The lowest BCUT2D eigenvalue weighted by atomic mass is 9.83. The molecule has 11 heavy (non-hydrogen) atoms. The summed E-state index contributed by atoms with van der Waals surface area (Å²) < 4.78 is 0. The maximum Gasteiger partial charge on any atom is 0.00670 e. The third-order valence-electron chi connectivity index (χ3n) is 2.88.